The topological polar surface area (TPSA) is 20.2 Å². The molecule has 3 saturated carbocycles. The molecule has 3 aliphatic rings. The van der Waals surface area contributed by atoms with Crippen molar-refractivity contribution < 1.29 is 5.11 Å². The van der Waals surface area contributed by atoms with Gasteiger partial charge in [-0.25, -0.2) is 0 Å². The molecule has 5 atom stereocenters. The van der Waals surface area contributed by atoms with Crippen molar-refractivity contribution in [2.45, 2.75) is 52.9 Å². The second-order valence-electron chi connectivity index (χ2n) is 7.51. The van der Waals surface area contributed by atoms with Crippen LogP contribution < -0.4 is 0 Å². The smallest absolute Gasteiger partial charge is 0.0467 e. The molecule has 0 aromatic rings. The van der Waals surface area contributed by atoms with E-state index >= 15 is 0 Å². The van der Waals surface area contributed by atoms with Crippen molar-refractivity contribution in [2.75, 3.05) is 6.61 Å². The lowest BCUT2D eigenvalue weighted by atomic mass is 9.65. The fraction of sp³-hybridized carbons (Fsp3) is 1.00. The van der Waals surface area contributed by atoms with Gasteiger partial charge in [0.1, 0.15) is 0 Å². The number of aliphatic hydroxyl groups is 1. The molecule has 3 aliphatic carbocycles. The second-order valence-corrected chi connectivity index (χ2v) is 7.51. The van der Waals surface area contributed by atoms with Crippen LogP contribution in [0, 0.1) is 34.5 Å². The first-order chi connectivity index (χ1) is 7.50. The van der Waals surface area contributed by atoms with Crippen molar-refractivity contribution in [1.29, 1.82) is 0 Å². The van der Waals surface area contributed by atoms with Crippen LogP contribution >= 0.6 is 0 Å². The Kier molecular flexibility index (Phi) is 2.25. The van der Waals surface area contributed by atoms with E-state index < -0.39 is 0 Å². The van der Waals surface area contributed by atoms with Crippen LogP contribution in [0.1, 0.15) is 52.9 Å². The van der Waals surface area contributed by atoms with E-state index in [0.717, 1.165) is 17.8 Å². The molecule has 4 bridgehead atoms. The molecule has 0 aromatic heterocycles. The fourth-order valence-electron chi connectivity index (χ4n) is 5.92. The first-order valence-corrected chi connectivity index (χ1v) is 7.11. The highest BCUT2D eigenvalue weighted by molar-refractivity contribution is 5.12. The van der Waals surface area contributed by atoms with E-state index in [4.69, 9.17) is 0 Å². The summed E-state index contributed by atoms with van der Waals surface area (Å²) in [6.45, 7) is 7.87. The lowest BCUT2D eigenvalue weighted by Crippen LogP contribution is -2.35. The third kappa shape index (κ3) is 1.16. The molecule has 0 spiro atoms. The molecule has 0 radical (unpaired) electrons. The lowest BCUT2D eigenvalue weighted by Gasteiger charge is -2.40. The maximum absolute atomic E-state index is 9.76. The zero-order chi connectivity index (χ0) is 11.6. The van der Waals surface area contributed by atoms with E-state index in [-0.39, 0.29) is 0 Å². The lowest BCUT2D eigenvalue weighted by molar-refractivity contribution is 0.0374. The van der Waals surface area contributed by atoms with Gasteiger partial charge < -0.3 is 5.11 Å². The van der Waals surface area contributed by atoms with Crippen LogP contribution in [-0.4, -0.2) is 11.7 Å². The maximum Gasteiger partial charge on any atom is 0.0467 e. The quantitative estimate of drug-likeness (QED) is 0.720. The molecule has 0 heterocycles. The summed E-state index contributed by atoms with van der Waals surface area (Å²) in [6, 6.07) is 0. The molecule has 3 fully saturated rings. The second kappa shape index (κ2) is 3.25. The van der Waals surface area contributed by atoms with Crippen LogP contribution in [0.3, 0.4) is 0 Å². The molecule has 0 saturated heterocycles. The van der Waals surface area contributed by atoms with Crippen LogP contribution in [0.4, 0.5) is 0 Å². The van der Waals surface area contributed by atoms with Gasteiger partial charge in [0.05, 0.1) is 0 Å². The molecule has 92 valence electrons. The highest BCUT2D eigenvalue weighted by Gasteiger charge is 2.64. The Morgan fingerprint density at radius 2 is 1.88 bits per heavy atom. The van der Waals surface area contributed by atoms with Crippen molar-refractivity contribution >= 4 is 0 Å². The third-order valence-electron chi connectivity index (χ3n) is 6.55. The van der Waals surface area contributed by atoms with Crippen LogP contribution in [0.2, 0.25) is 0 Å². The fourth-order valence-corrected chi connectivity index (χ4v) is 5.92. The molecule has 16 heavy (non-hydrogen) atoms. The summed E-state index contributed by atoms with van der Waals surface area (Å²) in [7, 11) is 0. The normalized spacial score (nSPS) is 54.0. The Bertz CT molecular complexity index is 296. The van der Waals surface area contributed by atoms with Crippen LogP contribution in [0.5, 0.6) is 0 Å². The van der Waals surface area contributed by atoms with Gasteiger partial charge in [-0.15, -0.1) is 0 Å². The average molecular weight is 222 g/mol. The van der Waals surface area contributed by atoms with Crippen molar-refractivity contribution in [3.63, 3.8) is 0 Å². The molecule has 3 rings (SSSR count). The Hall–Kier alpha value is -0.0400. The van der Waals surface area contributed by atoms with E-state index in [0.29, 0.717) is 23.4 Å². The predicted molar refractivity (Wildman–Crippen MR) is 66.0 cm³/mol. The van der Waals surface area contributed by atoms with Crippen molar-refractivity contribution in [2.24, 2.45) is 34.5 Å². The molecule has 1 unspecified atom stereocenters. The zero-order valence-corrected chi connectivity index (χ0v) is 11.0. The summed E-state index contributed by atoms with van der Waals surface area (Å²) in [5.74, 6) is 3.25. The Morgan fingerprint density at radius 3 is 2.56 bits per heavy atom. The van der Waals surface area contributed by atoms with Gasteiger partial charge in [0.15, 0.2) is 0 Å². The van der Waals surface area contributed by atoms with Gasteiger partial charge in [-0.05, 0) is 60.2 Å². The minimum atomic E-state index is 0.435. The summed E-state index contributed by atoms with van der Waals surface area (Å²) in [5.41, 5.74) is 0.990. The molecule has 1 heteroatoms. The number of rotatable bonds is 1. The van der Waals surface area contributed by atoms with Gasteiger partial charge in [0.25, 0.3) is 0 Å². The van der Waals surface area contributed by atoms with E-state index in [9.17, 15) is 5.11 Å². The van der Waals surface area contributed by atoms with Gasteiger partial charge in [-0.3, -0.25) is 0 Å². The summed E-state index contributed by atoms with van der Waals surface area (Å²) in [4.78, 5) is 0. The molecule has 1 nitrogen and oxygen atoms in total. The SMILES string of the molecule is CC1(C)CCC[C@]2(C)C3CC[C@@H]([C@H]31)[C@@H]2CO. The minimum absolute atomic E-state index is 0.435. The summed E-state index contributed by atoms with van der Waals surface area (Å²) in [5, 5.41) is 9.76. The van der Waals surface area contributed by atoms with E-state index in [2.05, 4.69) is 20.8 Å². The molecular formula is C15H26O. The van der Waals surface area contributed by atoms with Crippen LogP contribution in [0.25, 0.3) is 0 Å². The largest absolute Gasteiger partial charge is 0.396 e. The zero-order valence-electron chi connectivity index (χ0n) is 11.0. The van der Waals surface area contributed by atoms with Gasteiger partial charge in [-0.1, -0.05) is 27.2 Å². The van der Waals surface area contributed by atoms with Gasteiger partial charge in [0.2, 0.25) is 0 Å². The first kappa shape index (κ1) is 11.1. The first-order valence-electron chi connectivity index (χ1n) is 7.11. The summed E-state index contributed by atoms with van der Waals surface area (Å²) in [6.07, 6.45) is 6.96. The van der Waals surface area contributed by atoms with Crippen molar-refractivity contribution in [3.8, 4) is 0 Å². The van der Waals surface area contributed by atoms with Gasteiger partial charge in [-0.2, -0.15) is 0 Å². The number of aliphatic hydroxyl groups excluding tert-OH is 1. The van der Waals surface area contributed by atoms with E-state index in [1.165, 1.54) is 32.1 Å². The minimum Gasteiger partial charge on any atom is -0.396 e. The molecule has 1 N–H and O–H groups in total. The maximum atomic E-state index is 9.76. The Morgan fingerprint density at radius 1 is 1.12 bits per heavy atom. The summed E-state index contributed by atoms with van der Waals surface area (Å²) < 4.78 is 0. The predicted octanol–water partition coefficient (Wildman–Crippen LogP) is 3.47. The highest BCUT2D eigenvalue weighted by Crippen LogP contribution is 2.70. The third-order valence-corrected chi connectivity index (χ3v) is 6.55. The number of hydrogen-bond acceptors (Lipinski definition) is 1. The van der Waals surface area contributed by atoms with Crippen molar-refractivity contribution in [3.05, 3.63) is 0 Å². The molecular weight excluding hydrogens is 196 g/mol. The standard InChI is InChI=1S/C15H26O/c1-14(2)7-4-8-15(3)11-6-5-10(13(11)14)12(15)9-16/h10-13,16H,4-9H2,1-3H3/t10-,11?,12+,13-,15-/m1/s1. The van der Waals surface area contributed by atoms with Gasteiger partial charge in [0, 0.05) is 6.61 Å². The Balaban J connectivity index is 2.04. The van der Waals surface area contributed by atoms with E-state index in [1.807, 2.05) is 0 Å². The molecule has 0 aromatic carbocycles. The van der Waals surface area contributed by atoms with Crippen molar-refractivity contribution in [1.82, 2.24) is 0 Å². The summed E-state index contributed by atoms with van der Waals surface area (Å²) >= 11 is 0. The van der Waals surface area contributed by atoms with E-state index in [1.54, 1.807) is 0 Å². The Labute approximate surface area is 99.6 Å². The molecule has 0 amide bonds. The highest BCUT2D eigenvalue weighted by atomic mass is 16.3. The number of hydrogen-bond donors (Lipinski definition) is 1. The van der Waals surface area contributed by atoms with Gasteiger partial charge >= 0.3 is 0 Å². The van der Waals surface area contributed by atoms with Crippen LogP contribution in [0.15, 0.2) is 0 Å². The monoisotopic (exact) mass is 222 g/mol. The average Bonchev–Trinajstić information content (AvgIpc) is 2.68. The molecule has 0 aliphatic heterocycles. The van der Waals surface area contributed by atoms with Crippen LogP contribution in [-0.2, 0) is 0 Å².